The Kier molecular flexibility index (Phi) is 4.11. The van der Waals surface area contributed by atoms with E-state index in [4.69, 9.17) is 11.6 Å². The molecule has 1 aromatic carbocycles. The average Bonchev–Trinajstić information content (AvgIpc) is 2.38. The predicted molar refractivity (Wildman–Crippen MR) is 83.7 cm³/mol. The van der Waals surface area contributed by atoms with Crippen molar-refractivity contribution in [3.05, 3.63) is 34.3 Å². The van der Waals surface area contributed by atoms with Crippen LogP contribution in [0, 0.1) is 18.3 Å². The van der Waals surface area contributed by atoms with Crippen LogP contribution in [0.15, 0.2) is 18.2 Å². The van der Waals surface area contributed by atoms with Crippen molar-refractivity contribution in [3.8, 4) is 0 Å². The summed E-state index contributed by atoms with van der Waals surface area (Å²) in [6, 6.07) is 5.70. The molecule has 1 saturated carbocycles. The van der Waals surface area contributed by atoms with Crippen LogP contribution in [-0.4, -0.2) is 22.3 Å². The Balaban J connectivity index is 2.63. The van der Waals surface area contributed by atoms with E-state index in [1.165, 1.54) is 0 Å². The molecule has 2 N–H and O–H groups in total. The van der Waals surface area contributed by atoms with Gasteiger partial charge in [-0.3, -0.25) is 4.79 Å². The lowest BCUT2D eigenvalue weighted by atomic mass is 9.51. The maximum atomic E-state index is 11.9. The molecular formula is C17H23ClO3. The van der Waals surface area contributed by atoms with Gasteiger partial charge in [0.15, 0.2) is 0 Å². The third-order valence-electron chi connectivity index (χ3n) is 5.45. The fourth-order valence-electron chi connectivity index (χ4n) is 3.71. The van der Waals surface area contributed by atoms with Crippen LogP contribution in [0.25, 0.3) is 0 Å². The monoisotopic (exact) mass is 310 g/mol. The lowest BCUT2D eigenvalue weighted by molar-refractivity contribution is -0.169. The molecule has 1 aliphatic rings. The zero-order chi connectivity index (χ0) is 16.0. The molecule has 21 heavy (non-hydrogen) atoms. The minimum Gasteiger partial charge on any atom is -0.481 e. The molecule has 1 fully saturated rings. The van der Waals surface area contributed by atoms with E-state index in [0.717, 1.165) is 11.1 Å². The van der Waals surface area contributed by atoms with Gasteiger partial charge >= 0.3 is 5.97 Å². The van der Waals surface area contributed by atoms with Crippen LogP contribution in [0.4, 0.5) is 0 Å². The molecule has 0 bridgehead atoms. The number of aliphatic hydroxyl groups is 1. The topological polar surface area (TPSA) is 57.5 Å². The number of aliphatic carboxylic acids is 1. The van der Waals surface area contributed by atoms with E-state index >= 15 is 0 Å². The van der Waals surface area contributed by atoms with Crippen molar-refractivity contribution in [1.82, 2.24) is 0 Å². The molecule has 0 radical (unpaired) electrons. The number of aliphatic hydroxyl groups excluding tert-OH is 1. The fraction of sp³-hybridized carbons (Fsp3) is 0.588. The van der Waals surface area contributed by atoms with Crippen LogP contribution < -0.4 is 0 Å². The minimum atomic E-state index is -1.22. The highest BCUT2D eigenvalue weighted by atomic mass is 35.5. The molecule has 0 spiro atoms. The summed E-state index contributed by atoms with van der Waals surface area (Å²) in [7, 11) is 0. The number of halogens is 1. The Hall–Kier alpha value is -1.06. The van der Waals surface area contributed by atoms with E-state index in [9.17, 15) is 15.0 Å². The molecule has 0 heterocycles. The molecule has 1 aliphatic carbocycles. The number of hydrogen-bond donors (Lipinski definition) is 2. The molecule has 3 nitrogen and oxygen atoms in total. The van der Waals surface area contributed by atoms with Crippen LogP contribution in [0.1, 0.15) is 44.7 Å². The Morgan fingerprint density at radius 1 is 1.38 bits per heavy atom. The first-order valence-electron chi connectivity index (χ1n) is 7.31. The molecule has 2 rings (SSSR count). The van der Waals surface area contributed by atoms with Crippen molar-refractivity contribution in [2.45, 2.75) is 52.1 Å². The number of aryl methyl sites for hydroxylation is 1. The van der Waals surface area contributed by atoms with Crippen LogP contribution in [-0.2, 0) is 10.2 Å². The lowest BCUT2D eigenvalue weighted by Gasteiger charge is -2.52. The normalized spacial score (nSPS) is 36.5. The molecule has 0 aliphatic heterocycles. The quantitative estimate of drug-likeness (QED) is 0.874. The van der Waals surface area contributed by atoms with E-state index in [-0.39, 0.29) is 5.92 Å². The van der Waals surface area contributed by atoms with Crippen molar-refractivity contribution < 1.29 is 15.0 Å². The number of hydrogen-bond acceptors (Lipinski definition) is 2. The first-order chi connectivity index (χ1) is 9.62. The van der Waals surface area contributed by atoms with Gasteiger partial charge in [-0.05, 0) is 49.8 Å². The van der Waals surface area contributed by atoms with Crippen molar-refractivity contribution in [2.24, 2.45) is 11.3 Å². The van der Waals surface area contributed by atoms with E-state index in [2.05, 4.69) is 6.92 Å². The number of rotatable bonds is 2. The number of carboxylic acid groups (broad SMARTS) is 1. The molecule has 4 unspecified atom stereocenters. The lowest BCUT2D eigenvalue weighted by Crippen LogP contribution is -2.58. The molecule has 4 heteroatoms. The average molecular weight is 311 g/mol. The molecule has 4 atom stereocenters. The molecular weight excluding hydrogens is 288 g/mol. The van der Waals surface area contributed by atoms with Crippen LogP contribution in [0.2, 0.25) is 5.02 Å². The van der Waals surface area contributed by atoms with Gasteiger partial charge in [0.05, 0.1) is 6.10 Å². The Morgan fingerprint density at radius 3 is 2.52 bits per heavy atom. The third-order valence-corrected chi connectivity index (χ3v) is 5.86. The number of benzene rings is 1. The van der Waals surface area contributed by atoms with E-state index < -0.39 is 22.9 Å². The molecule has 116 valence electrons. The van der Waals surface area contributed by atoms with Gasteiger partial charge in [-0.25, -0.2) is 0 Å². The van der Waals surface area contributed by atoms with Crippen molar-refractivity contribution in [3.63, 3.8) is 0 Å². The highest BCUT2D eigenvalue weighted by Gasteiger charge is 2.59. The summed E-state index contributed by atoms with van der Waals surface area (Å²) in [4.78, 5) is 11.9. The zero-order valence-corrected chi connectivity index (χ0v) is 13.7. The summed E-state index contributed by atoms with van der Waals surface area (Å²) >= 11 is 6.23. The first kappa shape index (κ1) is 16.3. The second-order valence-corrected chi connectivity index (χ2v) is 7.27. The maximum absolute atomic E-state index is 11.9. The van der Waals surface area contributed by atoms with Gasteiger partial charge in [0.1, 0.15) is 5.41 Å². The smallest absolute Gasteiger partial charge is 0.312 e. The second kappa shape index (κ2) is 5.29. The van der Waals surface area contributed by atoms with Gasteiger partial charge in [-0.2, -0.15) is 0 Å². The van der Waals surface area contributed by atoms with E-state index in [0.29, 0.717) is 17.9 Å². The van der Waals surface area contributed by atoms with Crippen molar-refractivity contribution in [1.29, 1.82) is 0 Å². The predicted octanol–water partition coefficient (Wildman–Crippen LogP) is 3.79. The Morgan fingerprint density at radius 2 is 2.00 bits per heavy atom. The van der Waals surface area contributed by atoms with Gasteiger partial charge in [-0.1, -0.05) is 37.6 Å². The summed E-state index contributed by atoms with van der Waals surface area (Å²) < 4.78 is 0. The van der Waals surface area contributed by atoms with Crippen molar-refractivity contribution >= 4 is 17.6 Å². The Labute approximate surface area is 130 Å². The Bertz CT molecular complexity index is 571. The van der Waals surface area contributed by atoms with Crippen LogP contribution >= 0.6 is 11.6 Å². The summed E-state index contributed by atoms with van der Waals surface area (Å²) in [5.74, 6) is -0.696. The first-order valence-corrected chi connectivity index (χ1v) is 7.69. The number of carbonyl (C=O) groups is 1. The van der Waals surface area contributed by atoms with E-state index in [1.54, 1.807) is 6.92 Å². The minimum absolute atomic E-state index is 0.262. The van der Waals surface area contributed by atoms with Crippen molar-refractivity contribution in [2.75, 3.05) is 0 Å². The van der Waals surface area contributed by atoms with Gasteiger partial charge < -0.3 is 10.2 Å². The van der Waals surface area contributed by atoms with Crippen LogP contribution in [0.3, 0.4) is 0 Å². The zero-order valence-electron chi connectivity index (χ0n) is 13.0. The SMILES string of the molecule is Cc1ccc(C2(C)CC(C)CC(O)C2(C)C(=O)O)cc1Cl. The number of carboxylic acids is 1. The molecule has 0 amide bonds. The van der Waals surface area contributed by atoms with Gasteiger partial charge in [0.2, 0.25) is 0 Å². The van der Waals surface area contributed by atoms with Gasteiger partial charge in [0, 0.05) is 10.4 Å². The summed E-state index contributed by atoms with van der Waals surface area (Å²) in [6.07, 6.45) is 0.355. The van der Waals surface area contributed by atoms with E-state index in [1.807, 2.05) is 32.0 Å². The summed E-state index contributed by atoms with van der Waals surface area (Å²) in [6.45, 7) is 7.56. The second-order valence-electron chi connectivity index (χ2n) is 6.86. The summed E-state index contributed by atoms with van der Waals surface area (Å²) in [5.41, 5.74) is -0.0372. The standard InChI is InChI=1S/C17H23ClO3/c1-10-7-14(19)17(4,15(20)21)16(3,9-10)12-6-5-11(2)13(18)8-12/h5-6,8,10,14,19H,7,9H2,1-4H3,(H,20,21). The van der Waals surface area contributed by atoms with Crippen LogP contribution in [0.5, 0.6) is 0 Å². The maximum Gasteiger partial charge on any atom is 0.312 e. The van der Waals surface area contributed by atoms with Gasteiger partial charge in [0.25, 0.3) is 0 Å². The molecule has 0 saturated heterocycles. The highest BCUT2D eigenvalue weighted by Crippen LogP contribution is 2.54. The molecule has 1 aromatic rings. The largest absolute Gasteiger partial charge is 0.481 e. The third kappa shape index (κ3) is 2.36. The fourth-order valence-corrected chi connectivity index (χ4v) is 3.89. The highest BCUT2D eigenvalue weighted by molar-refractivity contribution is 6.31. The van der Waals surface area contributed by atoms with Gasteiger partial charge in [-0.15, -0.1) is 0 Å². The molecule has 0 aromatic heterocycles. The summed E-state index contributed by atoms with van der Waals surface area (Å²) in [5, 5.41) is 20.9.